The minimum absolute atomic E-state index is 0. The number of para-hydroxylation sites is 1. The van der Waals surface area contributed by atoms with Crippen LogP contribution in [0.25, 0.3) is 0 Å². The van der Waals surface area contributed by atoms with Crippen LogP contribution in [0.3, 0.4) is 0 Å². The number of halogens is 1. The summed E-state index contributed by atoms with van der Waals surface area (Å²) in [6.07, 6.45) is 2.08. The van der Waals surface area contributed by atoms with Gasteiger partial charge in [-0.1, -0.05) is 18.2 Å². The molecule has 6 nitrogen and oxygen atoms in total. The van der Waals surface area contributed by atoms with Crippen LogP contribution in [0.15, 0.2) is 29.3 Å². The Morgan fingerprint density at radius 1 is 1.26 bits per heavy atom. The van der Waals surface area contributed by atoms with Crippen molar-refractivity contribution in [1.82, 2.24) is 10.6 Å². The highest BCUT2D eigenvalue weighted by Crippen LogP contribution is 2.18. The van der Waals surface area contributed by atoms with Crippen LogP contribution in [0.1, 0.15) is 32.3 Å². The van der Waals surface area contributed by atoms with Crippen LogP contribution in [0.2, 0.25) is 0 Å². The molecule has 1 aliphatic rings. The van der Waals surface area contributed by atoms with Gasteiger partial charge in [0.15, 0.2) is 5.96 Å². The Balaban J connectivity index is 0.00000364. The first-order valence-corrected chi connectivity index (χ1v) is 9.71. The van der Waals surface area contributed by atoms with Gasteiger partial charge in [0.1, 0.15) is 5.75 Å². The van der Waals surface area contributed by atoms with E-state index >= 15 is 0 Å². The Kier molecular flexibility index (Phi) is 13.3. The first kappa shape index (κ1) is 24.0. The molecule has 0 aromatic heterocycles. The molecule has 1 aromatic carbocycles. The van der Waals surface area contributed by atoms with Gasteiger partial charge in [0, 0.05) is 37.8 Å². The van der Waals surface area contributed by atoms with Crippen molar-refractivity contribution in [3.8, 4) is 5.75 Å². The fourth-order valence-electron chi connectivity index (χ4n) is 2.78. The largest absolute Gasteiger partial charge is 0.494 e. The molecule has 2 N–H and O–H groups in total. The van der Waals surface area contributed by atoms with E-state index in [0.29, 0.717) is 19.1 Å². The van der Waals surface area contributed by atoms with Crippen LogP contribution in [0, 0.1) is 5.92 Å². The maximum Gasteiger partial charge on any atom is 0.191 e. The number of hydrogen-bond donors (Lipinski definition) is 2. The first-order valence-electron chi connectivity index (χ1n) is 9.71. The number of nitrogens with zero attached hydrogens (tertiary/aromatic N) is 1. The summed E-state index contributed by atoms with van der Waals surface area (Å²) in [7, 11) is 0. The van der Waals surface area contributed by atoms with Crippen molar-refractivity contribution >= 4 is 29.9 Å². The SMILES string of the molecule is CCNC(=NCc1ccccc1OCC)NCCCOCC1CCOC1.I. The van der Waals surface area contributed by atoms with Crippen molar-refractivity contribution in [2.75, 3.05) is 46.1 Å². The minimum atomic E-state index is 0. The van der Waals surface area contributed by atoms with E-state index in [0.717, 1.165) is 69.6 Å². The summed E-state index contributed by atoms with van der Waals surface area (Å²) in [6.45, 7) is 10.3. The van der Waals surface area contributed by atoms with Gasteiger partial charge >= 0.3 is 0 Å². The molecule has 1 aromatic rings. The second kappa shape index (κ2) is 14.9. The molecule has 1 fully saturated rings. The molecule has 0 aliphatic carbocycles. The molecule has 0 radical (unpaired) electrons. The normalized spacial score (nSPS) is 16.7. The average molecular weight is 491 g/mol. The van der Waals surface area contributed by atoms with Gasteiger partial charge in [-0.2, -0.15) is 0 Å². The van der Waals surface area contributed by atoms with Crippen LogP contribution >= 0.6 is 24.0 Å². The van der Waals surface area contributed by atoms with Gasteiger partial charge in [0.05, 0.1) is 26.4 Å². The van der Waals surface area contributed by atoms with Gasteiger partial charge in [0.25, 0.3) is 0 Å². The Labute approximate surface area is 180 Å². The number of hydrogen-bond acceptors (Lipinski definition) is 4. The molecule has 27 heavy (non-hydrogen) atoms. The lowest BCUT2D eigenvalue weighted by Crippen LogP contribution is -2.38. The van der Waals surface area contributed by atoms with Crippen molar-refractivity contribution in [2.24, 2.45) is 10.9 Å². The molecule has 1 saturated heterocycles. The Morgan fingerprint density at radius 2 is 2.11 bits per heavy atom. The number of nitrogens with one attached hydrogen (secondary N) is 2. The molecule has 1 aliphatic heterocycles. The monoisotopic (exact) mass is 491 g/mol. The Morgan fingerprint density at radius 3 is 2.85 bits per heavy atom. The number of rotatable bonds is 11. The molecule has 2 rings (SSSR count). The van der Waals surface area contributed by atoms with Crippen LogP contribution < -0.4 is 15.4 Å². The molecule has 0 spiro atoms. The number of aliphatic imine (C=N–C) groups is 1. The molecule has 154 valence electrons. The summed E-state index contributed by atoms with van der Waals surface area (Å²) in [5, 5.41) is 6.64. The molecule has 0 saturated carbocycles. The molecular weight excluding hydrogens is 457 g/mol. The second-order valence-corrected chi connectivity index (χ2v) is 6.32. The Bertz CT molecular complexity index is 537. The smallest absolute Gasteiger partial charge is 0.191 e. The third kappa shape index (κ3) is 9.62. The predicted molar refractivity (Wildman–Crippen MR) is 120 cm³/mol. The average Bonchev–Trinajstić information content (AvgIpc) is 3.17. The highest BCUT2D eigenvalue weighted by Gasteiger charge is 2.15. The highest BCUT2D eigenvalue weighted by molar-refractivity contribution is 14.0. The number of ether oxygens (including phenoxy) is 3. The van der Waals surface area contributed by atoms with Gasteiger partial charge < -0.3 is 24.8 Å². The van der Waals surface area contributed by atoms with Crippen molar-refractivity contribution in [3.63, 3.8) is 0 Å². The van der Waals surface area contributed by atoms with E-state index in [1.54, 1.807) is 0 Å². The Hall–Kier alpha value is -1.06. The molecule has 1 atom stereocenters. The van der Waals surface area contributed by atoms with Crippen LogP contribution in [0.4, 0.5) is 0 Å². The van der Waals surface area contributed by atoms with E-state index in [4.69, 9.17) is 14.2 Å². The molecule has 0 bridgehead atoms. The van der Waals surface area contributed by atoms with E-state index in [-0.39, 0.29) is 24.0 Å². The zero-order chi connectivity index (χ0) is 18.5. The van der Waals surface area contributed by atoms with Crippen LogP contribution in [-0.2, 0) is 16.0 Å². The molecular formula is C20H34IN3O3. The topological polar surface area (TPSA) is 64.1 Å². The summed E-state index contributed by atoms with van der Waals surface area (Å²) in [6, 6.07) is 8.04. The molecule has 7 heteroatoms. The lowest BCUT2D eigenvalue weighted by Gasteiger charge is -2.13. The summed E-state index contributed by atoms with van der Waals surface area (Å²) in [5.74, 6) is 2.30. The zero-order valence-electron chi connectivity index (χ0n) is 16.5. The lowest BCUT2D eigenvalue weighted by atomic mass is 10.1. The quantitative estimate of drug-likeness (QED) is 0.216. The van der Waals surface area contributed by atoms with E-state index in [1.807, 2.05) is 25.1 Å². The summed E-state index contributed by atoms with van der Waals surface area (Å²) in [4.78, 5) is 4.66. The highest BCUT2D eigenvalue weighted by atomic mass is 127. The summed E-state index contributed by atoms with van der Waals surface area (Å²) in [5.41, 5.74) is 1.09. The van der Waals surface area contributed by atoms with Gasteiger partial charge in [0.2, 0.25) is 0 Å². The summed E-state index contributed by atoms with van der Waals surface area (Å²) < 4.78 is 16.8. The number of benzene rings is 1. The van der Waals surface area contributed by atoms with Crippen molar-refractivity contribution in [3.05, 3.63) is 29.8 Å². The van der Waals surface area contributed by atoms with E-state index < -0.39 is 0 Å². The van der Waals surface area contributed by atoms with E-state index in [2.05, 4.69) is 28.6 Å². The van der Waals surface area contributed by atoms with Crippen LogP contribution in [-0.4, -0.2) is 52.1 Å². The van der Waals surface area contributed by atoms with Crippen molar-refractivity contribution in [2.45, 2.75) is 33.2 Å². The second-order valence-electron chi connectivity index (χ2n) is 6.32. The van der Waals surface area contributed by atoms with Gasteiger partial charge in [-0.05, 0) is 32.8 Å². The lowest BCUT2D eigenvalue weighted by molar-refractivity contribution is 0.0888. The number of guanidine groups is 1. The fourth-order valence-corrected chi connectivity index (χ4v) is 2.78. The van der Waals surface area contributed by atoms with Gasteiger partial charge in [-0.15, -0.1) is 24.0 Å². The van der Waals surface area contributed by atoms with Crippen LogP contribution in [0.5, 0.6) is 5.75 Å². The molecule has 0 amide bonds. The van der Waals surface area contributed by atoms with Crippen molar-refractivity contribution < 1.29 is 14.2 Å². The standard InChI is InChI=1S/C20H33N3O3.HI/c1-3-21-20(22-11-7-12-24-15-17-10-13-25-16-17)23-14-18-8-5-6-9-19(18)26-4-2;/h5-6,8-9,17H,3-4,7,10-16H2,1-2H3,(H2,21,22,23);1H. The maximum absolute atomic E-state index is 5.73. The molecule has 1 unspecified atom stereocenters. The fraction of sp³-hybridized carbons (Fsp3) is 0.650. The predicted octanol–water partition coefficient (Wildman–Crippen LogP) is 3.20. The van der Waals surface area contributed by atoms with Crippen molar-refractivity contribution in [1.29, 1.82) is 0 Å². The third-order valence-corrected chi connectivity index (χ3v) is 4.16. The third-order valence-electron chi connectivity index (χ3n) is 4.16. The van der Waals surface area contributed by atoms with E-state index in [1.165, 1.54) is 0 Å². The van der Waals surface area contributed by atoms with Gasteiger partial charge in [-0.3, -0.25) is 0 Å². The van der Waals surface area contributed by atoms with Gasteiger partial charge in [-0.25, -0.2) is 4.99 Å². The maximum atomic E-state index is 5.73. The first-order chi connectivity index (χ1) is 12.8. The molecule has 1 heterocycles. The summed E-state index contributed by atoms with van der Waals surface area (Å²) >= 11 is 0. The zero-order valence-corrected chi connectivity index (χ0v) is 18.9. The minimum Gasteiger partial charge on any atom is -0.494 e. The van der Waals surface area contributed by atoms with E-state index in [9.17, 15) is 0 Å².